The van der Waals surface area contributed by atoms with E-state index in [9.17, 15) is 0 Å². The summed E-state index contributed by atoms with van der Waals surface area (Å²) in [6.45, 7) is 4.63. The Morgan fingerprint density at radius 1 is 0.397 bits per heavy atom. The highest BCUT2D eigenvalue weighted by Gasteiger charge is 2.45. The minimum Gasteiger partial charge on any atom is -0.454 e. The first-order chi connectivity index (χ1) is 31.0. The Morgan fingerprint density at radius 3 is 1.67 bits per heavy atom. The first-order valence-electron chi connectivity index (χ1n) is 21.8. The lowest BCUT2D eigenvalue weighted by molar-refractivity contribution is 0.620. The molecular formula is C57H35BN2O3. The fraction of sp³-hybridized carbons (Fsp3) is 0.0526. The van der Waals surface area contributed by atoms with Crippen molar-refractivity contribution in [1.29, 1.82) is 0 Å². The Morgan fingerprint density at radius 2 is 0.937 bits per heavy atom. The van der Waals surface area contributed by atoms with Gasteiger partial charge in [0, 0.05) is 66.0 Å². The number of hydrogen-bond donors (Lipinski definition) is 0. The molecule has 1 aliphatic carbocycles. The van der Waals surface area contributed by atoms with Crippen molar-refractivity contribution < 1.29 is 13.3 Å². The molecule has 3 aliphatic rings. The molecule has 0 saturated heterocycles. The van der Waals surface area contributed by atoms with E-state index in [4.69, 9.17) is 13.3 Å². The van der Waals surface area contributed by atoms with Gasteiger partial charge in [0.25, 0.3) is 6.71 Å². The summed E-state index contributed by atoms with van der Waals surface area (Å²) in [6.07, 6.45) is 0. The van der Waals surface area contributed by atoms with Crippen molar-refractivity contribution in [2.75, 3.05) is 9.80 Å². The number of benzene rings is 9. The SMILES string of the molecule is CC1(C)c2ccccc2-c2ccc3c(oc4c(N5c6ccccc6B6c7ccccc7N(c7c8oc9ccccc9c8cc8c7oc7ccccc78)c7cccc5c76)cccc43)c21. The molecule has 0 saturated carbocycles. The van der Waals surface area contributed by atoms with Crippen molar-refractivity contribution in [2.45, 2.75) is 19.3 Å². The van der Waals surface area contributed by atoms with Gasteiger partial charge in [-0.2, -0.15) is 0 Å². The Hall–Kier alpha value is -7.96. The molecule has 0 spiro atoms. The predicted octanol–water partition coefficient (Wildman–Crippen LogP) is 13.8. The molecule has 0 amide bonds. The molecule has 5 heterocycles. The molecule has 9 aromatic carbocycles. The summed E-state index contributed by atoms with van der Waals surface area (Å²) in [6, 6.07) is 63.5. The van der Waals surface area contributed by atoms with Crippen molar-refractivity contribution in [3.8, 4) is 11.1 Å². The van der Waals surface area contributed by atoms with Crippen molar-refractivity contribution in [3.63, 3.8) is 0 Å². The number of furan rings is 3. The first kappa shape index (κ1) is 33.7. The molecule has 0 fully saturated rings. The third-order valence-corrected chi connectivity index (χ3v) is 14.4. The van der Waals surface area contributed by atoms with Crippen LogP contribution in [-0.4, -0.2) is 6.71 Å². The second kappa shape index (κ2) is 11.7. The standard InChI is InChI=1S/C57H35BN2O3/c1-57(2)40-19-6-3-15-32(40)35-29-30-37-36-18-13-26-47(53(36)63-54(37)50(35)57)59-43-22-9-7-20-41(43)58-42-21-8-10-23-44(42)60(46-25-14-24-45(59)51(46)58)52-55-38(33-16-4-11-27-48(33)61-55)31-39-34-17-5-12-28-49(34)62-56(39)52/h3-31H,1-2H3. The van der Waals surface area contributed by atoms with Crippen LogP contribution in [0.1, 0.15) is 25.0 Å². The number of fused-ring (bicyclic) bond motifs is 17. The van der Waals surface area contributed by atoms with E-state index in [-0.39, 0.29) is 12.1 Å². The maximum absolute atomic E-state index is 7.30. The zero-order valence-electron chi connectivity index (χ0n) is 34.4. The number of anilines is 6. The Kier molecular flexibility index (Phi) is 6.26. The van der Waals surface area contributed by atoms with Crippen LogP contribution in [0.25, 0.3) is 76.9 Å². The third kappa shape index (κ3) is 4.14. The minimum atomic E-state index is -0.215. The summed E-state index contributed by atoms with van der Waals surface area (Å²) in [5.74, 6) is 0. The number of nitrogens with zero attached hydrogens (tertiary/aromatic N) is 2. The number of para-hydroxylation sites is 5. The van der Waals surface area contributed by atoms with Gasteiger partial charge in [-0.25, -0.2) is 0 Å². The Labute approximate surface area is 362 Å². The van der Waals surface area contributed by atoms with Crippen LogP contribution in [0.15, 0.2) is 189 Å². The quantitative estimate of drug-likeness (QED) is 0.163. The van der Waals surface area contributed by atoms with E-state index in [1.54, 1.807) is 0 Å². The summed E-state index contributed by atoms with van der Waals surface area (Å²) in [4.78, 5) is 4.86. The predicted molar refractivity (Wildman–Crippen MR) is 260 cm³/mol. The molecule has 5 nitrogen and oxygen atoms in total. The number of rotatable bonds is 2. The largest absolute Gasteiger partial charge is 0.454 e. The third-order valence-electron chi connectivity index (χ3n) is 14.4. The number of hydrogen-bond acceptors (Lipinski definition) is 5. The van der Waals surface area contributed by atoms with E-state index >= 15 is 0 Å². The van der Waals surface area contributed by atoms with Gasteiger partial charge in [0.15, 0.2) is 16.7 Å². The topological polar surface area (TPSA) is 45.9 Å². The summed E-state index contributed by atoms with van der Waals surface area (Å²) in [5, 5.41) is 6.53. The molecule has 15 rings (SSSR count). The summed E-state index contributed by atoms with van der Waals surface area (Å²) in [7, 11) is 0. The van der Waals surface area contributed by atoms with Gasteiger partial charge in [-0.05, 0) is 87.7 Å². The highest BCUT2D eigenvalue weighted by molar-refractivity contribution is 7.00. The maximum Gasteiger partial charge on any atom is 0.252 e. The van der Waals surface area contributed by atoms with Crippen LogP contribution < -0.4 is 26.2 Å². The molecule has 0 N–H and O–H groups in total. The molecule has 0 radical (unpaired) electrons. The maximum atomic E-state index is 7.30. The minimum absolute atomic E-state index is 0.0328. The van der Waals surface area contributed by atoms with Gasteiger partial charge in [0.2, 0.25) is 0 Å². The highest BCUT2D eigenvalue weighted by atomic mass is 16.3. The van der Waals surface area contributed by atoms with Crippen LogP contribution in [0.2, 0.25) is 0 Å². The lowest BCUT2D eigenvalue weighted by Gasteiger charge is -2.43. The molecule has 2 aliphatic heterocycles. The zero-order chi connectivity index (χ0) is 41.3. The fourth-order valence-electron chi connectivity index (χ4n) is 11.8. The average molecular weight is 807 g/mol. The Balaban J connectivity index is 1.03. The van der Waals surface area contributed by atoms with Crippen LogP contribution >= 0.6 is 0 Å². The molecule has 0 bridgehead atoms. The molecule has 6 heteroatoms. The van der Waals surface area contributed by atoms with Crippen molar-refractivity contribution in [2.24, 2.45) is 0 Å². The van der Waals surface area contributed by atoms with E-state index in [0.717, 1.165) is 99.9 Å². The monoisotopic (exact) mass is 806 g/mol. The summed E-state index contributed by atoms with van der Waals surface area (Å²) >= 11 is 0. The molecule has 63 heavy (non-hydrogen) atoms. The van der Waals surface area contributed by atoms with Crippen LogP contribution in [0, 0.1) is 0 Å². The average Bonchev–Trinajstić information content (AvgIpc) is 4.07. The molecular weight excluding hydrogens is 771 g/mol. The van der Waals surface area contributed by atoms with E-state index in [1.165, 1.54) is 38.6 Å². The van der Waals surface area contributed by atoms with Crippen LogP contribution in [0.3, 0.4) is 0 Å². The van der Waals surface area contributed by atoms with Crippen molar-refractivity contribution >= 4 is 123 Å². The molecule has 0 atom stereocenters. The van der Waals surface area contributed by atoms with Gasteiger partial charge in [-0.1, -0.05) is 135 Å². The molecule has 0 unspecified atom stereocenters. The van der Waals surface area contributed by atoms with E-state index in [0.29, 0.717) is 0 Å². The molecule has 294 valence electrons. The van der Waals surface area contributed by atoms with Gasteiger partial charge >= 0.3 is 0 Å². The van der Waals surface area contributed by atoms with E-state index in [1.807, 2.05) is 12.1 Å². The smallest absolute Gasteiger partial charge is 0.252 e. The van der Waals surface area contributed by atoms with Gasteiger partial charge in [-0.3, -0.25) is 0 Å². The van der Waals surface area contributed by atoms with Crippen LogP contribution in [0.5, 0.6) is 0 Å². The second-order valence-electron chi connectivity index (χ2n) is 17.9. The van der Waals surface area contributed by atoms with Gasteiger partial charge in [-0.15, -0.1) is 0 Å². The Bertz CT molecular complexity index is 3910. The lowest BCUT2D eigenvalue weighted by atomic mass is 9.33. The van der Waals surface area contributed by atoms with E-state index < -0.39 is 0 Å². The zero-order valence-corrected chi connectivity index (χ0v) is 34.4. The van der Waals surface area contributed by atoms with Gasteiger partial charge in [0.05, 0.1) is 5.69 Å². The van der Waals surface area contributed by atoms with Crippen LogP contribution in [-0.2, 0) is 5.41 Å². The summed E-state index contributed by atoms with van der Waals surface area (Å²) in [5.41, 5.74) is 20.1. The van der Waals surface area contributed by atoms with Crippen LogP contribution in [0.4, 0.5) is 34.1 Å². The first-order valence-corrected chi connectivity index (χ1v) is 21.8. The van der Waals surface area contributed by atoms with Crippen molar-refractivity contribution in [1.82, 2.24) is 0 Å². The van der Waals surface area contributed by atoms with Gasteiger partial charge in [0.1, 0.15) is 22.4 Å². The summed E-state index contributed by atoms with van der Waals surface area (Å²) < 4.78 is 21.2. The van der Waals surface area contributed by atoms with Gasteiger partial charge < -0.3 is 23.1 Å². The molecule has 12 aromatic rings. The highest BCUT2D eigenvalue weighted by Crippen LogP contribution is 2.55. The lowest BCUT2D eigenvalue weighted by Crippen LogP contribution is -2.61. The van der Waals surface area contributed by atoms with Crippen molar-refractivity contribution in [3.05, 3.63) is 187 Å². The molecule has 3 aromatic heterocycles. The van der Waals surface area contributed by atoms with E-state index in [2.05, 4.69) is 187 Å². The second-order valence-corrected chi connectivity index (χ2v) is 17.9. The normalized spacial score (nSPS) is 14.5. The fourth-order valence-corrected chi connectivity index (χ4v) is 11.8.